The number of nitrogens with zero attached hydrogens (tertiary/aromatic N) is 2. The van der Waals surface area contributed by atoms with Crippen molar-refractivity contribution in [3.63, 3.8) is 0 Å². The van der Waals surface area contributed by atoms with E-state index in [1.165, 1.54) is 11.3 Å². The van der Waals surface area contributed by atoms with Crippen molar-refractivity contribution in [2.24, 2.45) is 0 Å². The van der Waals surface area contributed by atoms with Crippen molar-refractivity contribution in [2.45, 2.75) is 6.92 Å². The summed E-state index contributed by atoms with van der Waals surface area (Å²) >= 11 is 4.92. The Balaban J connectivity index is 2.04. The van der Waals surface area contributed by atoms with Crippen molar-refractivity contribution in [3.8, 4) is 27.9 Å². The van der Waals surface area contributed by atoms with Crippen LogP contribution >= 0.6 is 27.3 Å². The van der Waals surface area contributed by atoms with Crippen LogP contribution in [0.15, 0.2) is 38.6 Å². The molecule has 0 radical (unpaired) electrons. The van der Waals surface area contributed by atoms with Crippen LogP contribution in [0.1, 0.15) is 5.56 Å². The normalized spacial score (nSPS) is 10.8. The second-order valence-corrected chi connectivity index (χ2v) is 6.46. The number of aromatic nitrogens is 2. The molecule has 96 valence electrons. The second kappa shape index (κ2) is 4.79. The fraction of sp³-hybridized carbons (Fsp3) is 0.0769. The number of aromatic hydroxyl groups is 1. The lowest BCUT2D eigenvalue weighted by atomic mass is 10.1. The zero-order valence-electron chi connectivity index (χ0n) is 9.92. The number of halogens is 1. The van der Waals surface area contributed by atoms with Gasteiger partial charge in [-0.15, -0.1) is 11.3 Å². The molecule has 6 heteroatoms. The Morgan fingerprint density at radius 2 is 2.11 bits per heavy atom. The van der Waals surface area contributed by atoms with E-state index in [4.69, 9.17) is 4.52 Å². The first-order chi connectivity index (χ1) is 9.15. The van der Waals surface area contributed by atoms with Gasteiger partial charge in [-0.25, -0.2) is 0 Å². The second-order valence-electron chi connectivity index (χ2n) is 4.00. The number of phenols is 1. The van der Waals surface area contributed by atoms with Crippen LogP contribution in [0.5, 0.6) is 5.75 Å². The van der Waals surface area contributed by atoms with E-state index in [-0.39, 0.29) is 5.75 Å². The summed E-state index contributed by atoms with van der Waals surface area (Å²) in [5, 5.41) is 13.9. The fourth-order valence-electron chi connectivity index (χ4n) is 1.70. The van der Waals surface area contributed by atoms with Crippen molar-refractivity contribution in [1.82, 2.24) is 10.1 Å². The Labute approximate surface area is 121 Å². The lowest BCUT2D eigenvalue weighted by Gasteiger charge is -2.01. The molecule has 0 fully saturated rings. The molecule has 0 aliphatic carbocycles. The van der Waals surface area contributed by atoms with Gasteiger partial charge in [-0.2, -0.15) is 4.98 Å². The van der Waals surface area contributed by atoms with Gasteiger partial charge in [0, 0.05) is 0 Å². The maximum atomic E-state index is 10.0. The van der Waals surface area contributed by atoms with Gasteiger partial charge < -0.3 is 9.63 Å². The number of thiophene rings is 1. The molecule has 0 saturated heterocycles. The molecule has 2 heterocycles. The van der Waals surface area contributed by atoms with Crippen molar-refractivity contribution in [1.29, 1.82) is 0 Å². The molecule has 0 amide bonds. The highest BCUT2D eigenvalue weighted by atomic mass is 79.9. The molecular formula is C13H9BrN2O2S. The molecule has 0 saturated carbocycles. The molecule has 1 aromatic carbocycles. The maximum Gasteiger partial charge on any atom is 0.262 e. The van der Waals surface area contributed by atoms with E-state index in [2.05, 4.69) is 26.1 Å². The van der Waals surface area contributed by atoms with Gasteiger partial charge in [-0.3, -0.25) is 0 Å². The number of rotatable bonds is 2. The first-order valence-corrected chi connectivity index (χ1v) is 7.14. The van der Waals surface area contributed by atoms with E-state index in [1.807, 2.05) is 31.2 Å². The minimum absolute atomic E-state index is 0.171. The smallest absolute Gasteiger partial charge is 0.262 e. The van der Waals surface area contributed by atoms with E-state index >= 15 is 0 Å². The number of hydrogen-bond acceptors (Lipinski definition) is 5. The lowest BCUT2D eigenvalue weighted by Crippen LogP contribution is -1.82. The minimum atomic E-state index is 0.171. The van der Waals surface area contributed by atoms with Gasteiger partial charge in [0.25, 0.3) is 5.89 Å². The summed E-state index contributed by atoms with van der Waals surface area (Å²) in [5.41, 5.74) is 1.32. The molecule has 3 rings (SSSR count). The van der Waals surface area contributed by atoms with Crippen LogP contribution in [0.4, 0.5) is 0 Å². The molecule has 0 atom stereocenters. The highest BCUT2D eigenvalue weighted by molar-refractivity contribution is 9.11. The number of hydrogen-bond donors (Lipinski definition) is 1. The van der Waals surface area contributed by atoms with Gasteiger partial charge in [-0.05, 0) is 46.6 Å². The zero-order valence-corrected chi connectivity index (χ0v) is 12.3. The van der Waals surface area contributed by atoms with Gasteiger partial charge in [-0.1, -0.05) is 17.3 Å². The highest BCUT2D eigenvalue weighted by Gasteiger charge is 2.15. The zero-order chi connectivity index (χ0) is 13.4. The van der Waals surface area contributed by atoms with Crippen LogP contribution < -0.4 is 0 Å². The van der Waals surface area contributed by atoms with Crippen molar-refractivity contribution >= 4 is 27.3 Å². The summed E-state index contributed by atoms with van der Waals surface area (Å²) in [6, 6.07) is 9.27. The summed E-state index contributed by atoms with van der Waals surface area (Å²) in [7, 11) is 0. The number of phenolic OH excluding ortho intramolecular Hbond substituents is 1. The standard InChI is InChI=1S/C13H9BrN2O2S/c1-7-3-2-4-8(11(7)17)13-15-12(16-18-13)9-5-6-10(14)19-9/h2-6,17H,1H3. The monoisotopic (exact) mass is 336 g/mol. The Morgan fingerprint density at radius 1 is 1.26 bits per heavy atom. The van der Waals surface area contributed by atoms with Gasteiger partial charge in [0.05, 0.1) is 14.2 Å². The third-order valence-corrected chi connectivity index (χ3v) is 4.31. The third-order valence-electron chi connectivity index (χ3n) is 2.69. The third kappa shape index (κ3) is 2.29. The van der Waals surface area contributed by atoms with Crippen LogP contribution in [0.2, 0.25) is 0 Å². The van der Waals surface area contributed by atoms with Crippen LogP contribution in [-0.4, -0.2) is 15.2 Å². The van der Waals surface area contributed by atoms with Crippen LogP contribution in [-0.2, 0) is 0 Å². The van der Waals surface area contributed by atoms with Gasteiger partial charge in [0.1, 0.15) is 5.75 Å². The summed E-state index contributed by atoms with van der Waals surface area (Å²) in [5.74, 6) is 1.01. The first kappa shape index (κ1) is 12.4. The summed E-state index contributed by atoms with van der Waals surface area (Å²) in [4.78, 5) is 5.23. The van der Waals surface area contributed by atoms with E-state index < -0.39 is 0 Å². The number of benzene rings is 1. The predicted octanol–water partition coefficient (Wildman–Crippen LogP) is 4.24. The quantitative estimate of drug-likeness (QED) is 0.760. The Hall–Kier alpha value is -1.66. The summed E-state index contributed by atoms with van der Waals surface area (Å²) < 4.78 is 6.23. The Kier molecular flexibility index (Phi) is 3.12. The van der Waals surface area contributed by atoms with Gasteiger partial charge in [0.2, 0.25) is 5.82 Å². The highest BCUT2D eigenvalue weighted by Crippen LogP contribution is 2.34. The Bertz CT molecular complexity index is 736. The molecule has 0 bridgehead atoms. The topological polar surface area (TPSA) is 59.2 Å². The van der Waals surface area contributed by atoms with E-state index in [1.54, 1.807) is 6.07 Å². The van der Waals surface area contributed by atoms with Crippen LogP contribution in [0, 0.1) is 6.92 Å². The molecule has 0 unspecified atom stereocenters. The first-order valence-electron chi connectivity index (χ1n) is 5.53. The molecule has 19 heavy (non-hydrogen) atoms. The van der Waals surface area contributed by atoms with E-state index in [0.717, 1.165) is 14.2 Å². The lowest BCUT2D eigenvalue weighted by molar-refractivity contribution is 0.425. The maximum absolute atomic E-state index is 10.0. The predicted molar refractivity (Wildman–Crippen MR) is 77.1 cm³/mol. The Morgan fingerprint density at radius 3 is 2.84 bits per heavy atom. The van der Waals surface area contributed by atoms with Crippen LogP contribution in [0.3, 0.4) is 0 Å². The molecule has 2 aromatic heterocycles. The fourth-order valence-corrected chi connectivity index (χ4v) is 3.01. The van der Waals surface area contributed by atoms with E-state index in [0.29, 0.717) is 17.3 Å². The minimum Gasteiger partial charge on any atom is -0.507 e. The molecule has 0 aliphatic rings. The largest absolute Gasteiger partial charge is 0.507 e. The molecule has 4 nitrogen and oxygen atoms in total. The van der Waals surface area contributed by atoms with Crippen molar-refractivity contribution in [2.75, 3.05) is 0 Å². The summed E-state index contributed by atoms with van der Waals surface area (Å²) in [6.45, 7) is 1.83. The van der Waals surface area contributed by atoms with Gasteiger partial charge >= 0.3 is 0 Å². The van der Waals surface area contributed by atoms with Crippen LogP contribution in [0.25, 0.3) is 22.2 Å². The molecule has 1 N–H and O–H groups in total. The average molecular weight is 337 g/mol. The number of aryl methyl sites for hydroxylation is 1. The van der Waals surface area contributed by atoms with Crippen molar-refractivity contribution < 1.29 is 9.63 Å². The molecule has 0 spiro atoms. The SMILES string of the molecule is Cc1cccc(-c2nc(-c3ccc(Br)s3)no2)c1O. The molecule has 3 aromatic rings. The summed E-state index contributed by atoms with van der Waals surface area (Å²) in [6.07, 6.45) is 0. The molecule has 0 aliphatic heterocycles. The van der Waals surface area contributed by atoms with Crippen molar-refractivity contribution in [3.05, 3.63) is 39.7 Å². The number of para-hydroxylation sites is 1. The molecular weight excluding hydrogens is 328 g/mol. The van der Waals surface area contributed by atoms with Gasteiger partial charge in [0.15, 0.2) is 0 Å². The van der Waals surface area contributed by atoms with E-state index in [9.17, 15) is 5.11 Å². The average Bonchev–Trinajstić information content (AvgIpc) is 3.01.